The van der Waals surface area contributed by atoms with Gasteiger partial charge in [0.2, 0.25) is 5.95 Å². The summed E-state index contributed by atoms with van der Waals surface area (Å²) in [5.74, 6) is -0.189. The highest BCUT2D eigenvalue weighted by molar-refractivity contribution is 5.71. The molecule has 0 aromatic carbocycles. The van der Waals surface area contributed by atoms with Gasteiger partial charge in [-0.05, 0) is 12.8 Å². The van der Waals surface area contributed by atoms with Gasteiger partial charge in [-0.25, -0.2) is 4.98 Å². The molecule has 5 nitrogen and oxygen atoms in total. The molecule has 1 fully saturated rings. The van der Waals surface area contributed by atoms with Crippen molar-refractivity contribution in [2.75, 3.05) is 18.0 Å². The number of carboxylic acid groups (broad SMARTS) is 1. The van der Waals surface area contributed by atoms with Gasteiger partial charge in [0, 0.05) is 25.5 Å². The molecule has 1 unspecified atom stereocenters. The molecule has 0 radical (unpaired) electrons. The second-order valence-corrected chi connectivity index (χ2v) is 3.54. The summed E-state index contributed by atoms with van der Waals surface area (Å²) >= 11 is 0. The minimum atomic E-state index is -0.707. The standard InChI is InChI=1S/C9H13N3O2/c13-8(14)7-2-1-5-12(6-7)9-10-3-4-11-9/h3-4,7H,1-2,5-6H2,(H,10,11)(H,13,14). The molecule has 0 aliphatic carbocycles. The van der Waals surface area contributed by atoms with Crippen LogP contribution < -0.4 is 4.90 Å². The molecule has 1 aliphatic heterocycles. The molecule has 5 heteroatoms. The Bertz CT molecular complexity index is 310. The lowest BCUT2D eigenvalue weighted by atomic mass is 9.99. The molecule has 1 saturated heterocycles. The van der Waals surface area contributed by atoms with Crippen LogP contribution in [0.25, 0.3) is 0 Å². The largest absolute Gasteiger partial charge is 0.481 e. The number of H-pyrrole nitrogens is 1. The summed E-state index contributed by atoms with van der Waals surface area (Å²) in [7, 11) is 0. The SMILES string of the molecule is O=C(O)C1CCCN(c2ncc[nH]2)C1. The quantitative estimate of drug-likeness (QED) is 0.729. The monoisotopic (exact) mass is 195 g/mol. The van der Waals surface area contributed by atoms with E-state index >= 15 is 0 Å². The first-order chi connectivity index (χ1) is 6.77. The number of hydrogen-bond donors (Lipinski definition) is 2. The van der Waals surface area contributed by atoms with Crippen LogP contribution in [-0.2, 0) is 4.79 Å². The average molecular weight is 195 g/mol. The molecular weight excluding hydrogens is 182 g/mol. The lowest BCUT2D eigenvalue weighted by Crippen LogP contribution is -2.39. The van der Waals surface area contributed by atoms with Crippen molar-refractivity contribution in [3.05, 3.63) is 12.4 Å². The first kappa shape index (κ1) is 9.05. The molecule has 0 amide bonds. The van der Waals surface area contributed by atoms with Crippen LogP contribution in [0, 0.1) is 5.92 Å². The van der Waals surface area contributed by atoms with Gasteiger partial charge in [0.1, 0.15) is 0 Å². The smallest absolute Gasteiger partial charge is 0.308 e. The number of carbonyl (C=O) groups is 1. The van der Waals surface area contributed by atoms with Crippen LogP contribution in [0.3, 0.4) is 0 Å². The van der Waals surface area contributed by atoms with Crippen molar-refractivity contribution in [1.82, 2.24) is 9.97 Å². The Labute approximate surface area is 81.8 Å². The normalized spacial score (nSPS) is 22.3. The summed E-state index contributed by atoms with van der Waals surface area (Å²) in [6.07, 6.45) is 5.11. The minimum Gasteiger partial charge on any atom is -0.481 e. The van der Waals surface area contributed by atoms with E-state index in [1.807, 2.05) is 4.90 Å². The zero-order valence-corrected chi connectivity index (χ0v) is 7.81. The van der Waals surface area contributed by atoms with Gasteiger partial charge in [0.15, 0.2) is 0 Å². The van der Waals surface area contributed by atoms with E-state index in [4.69, 9.17) is 5.11 Å². The molecule has 76 valence electrons. The number of aliphatic carboxylic acids is 1. The van der Waals surface area contributed by atoms with Gasteiger partial charge in [-0.15, -0.1) is 0 Å². The number of aromatic nitrogens is 2. The Balaban J connectivity index is 2.04. The second-order valence-electron chi connectivity index (χ2n) is 3.54. The Morgan fingerprint density at radius 2 is 2.57 bits per heavy atom. The maximum absolute atomic E-state index is 10.8. The van der Waals surface area contributed by atoms with Crippen molar-refractivity contribution >= 4 is 11.9 Å². The summed E-state index contributed by atoms with van der Waals surface area (Å²) in [4.78, 5) is 19.9. The third-order valence-electron chi connectivity index (χ3n) is 2.55. The lowest BCUT2D eigenvalue weighted by molar-refractivity contribution is -0.141. The van der Waals surface area contributed by atoms with Crippen LogP contribution in [0.4, 0.5) is 5.95 Å². The van der Waals surface area contributed by atoms with E-state index in [2.05, 4.69) is 9.97 Å². The van der Waals surface area contributed by atoms with Crippen molar-refractivity contribution in [1.29, 1.82) is 0 Å². The van der Waals surface area contributed by atoms with Crippen LogP contribution in [-0.4, -0.2) is 34.1 Å². The van der Waals surface area contributed by atoms with Gasteiger partial charge >= 0.3 is 5.97 Å². The van der Waals surface area contributed by atoms with E-state index in [0.717, 1.165) is 25.3 Å². The molecule has 14 heavy (non-hydrogen) atoms. The van der Waals surface area contributed by atoms with Crippen molar-refractivity contribution in [3.8, 4) is 0 Å². The Morgan fingerprint density at radius 1 is 1.71 bits per heavy atom. The molecule has 0 bridgehead atoms. The fraction of sp³-hybridized carbons (Fsp3) is 0.556. The summed E-state index contributed by atoms with van der Waals surface area (Å²) in [6.45, 7) is 1.44. The maximum atomic E-state index is 10.8. The van der Waals surface area contributed by atoms with Crippen molar-refractivity contribution in [2.45, 2.75) is 12.8 Å². The molecule has 1 atom stereocenters. The topological polar surface area (TPSA) is 69.2 Å². The summed E-state index contributed by atoms with van der Waals surface area (Å²) in [5, 5.41) is 8.90. The summed E-state index contributed by atoms with van der Waals surface area (Å²) < 4.78 is 0. The van der Waals surface area contributed by atoms with E-state index in [1.165, 1.54) is 0 Å². The fourth-order valence-corrected chi connectivity index (χ4v) is 1.80. The van der Waals surface area contributed by atoms with Crippen LogP contribution in [0.15, 0.2) is 12.4 Å². The molecule has 0 spiro atoms. The molecule has 2 N–H and O–H groups in total. The molecule has 0 saturated carbocycles. The van der Waals surface area contributed by atoms with Crippen LogP contribution in [0.1, 0.15) is 12.8 Å². The summed E-state index contributed by atoms with van der Waals surface area (Å²) in [5.41, 5.74) is 0. The van der Waals surface area contributed by atoms with Crippen LogP contribution in [0.2, 0.25) is 0 Å². The first-order valence-electron chi connectivity index (χ1n) is 4.74. The highest BCUT2D eigenvalue weighted by atomic mass is 16.4. The van der Waals surface area contributed by atoms with E-state index in [1.54, 1.807) is 12.4 Å². The van der Waals surface area contributed by atoms with Gasteiger partial charge in [-0.3, -0.25) is 4.79 Å². The first-order valence-corrected chi connectivity index (χ1v) is 4.74. The highest BCUT2D eigenvalue weighted by Crippen LogP contribution is 2.19. The van der Waals surface area contributed by atoms with Crippen molar-refractivity contribution < 1.29 is 9.90 Å². The van der Waals surface area contributed by atoms with E-state index < -0.39 is 5.97 Å². The van der Waals surface area contributed by atoms with Gasteiger partial charge in [-0.2, -0.15) is 0 Å². The molecule has 2 heterocycles. The van der Waals surface area contributed by atoms with Gasteiger partial charge in [0.25, 0.3) is 0 Å². The number of carboxylic acids is 1. The minimum absolute atomic E-state index is 0.256. The van der Waals surface area contributed by atoms with Gasteiger partial charge in [0.05, 0.1) is 5.92 Å². The third kappa shape index (κ3) is 1.71. The van der Waals surface area contributed by atoms with Crippen LogP contribution in [0.5, 0.6) is 0 Å². The molecular formula is C9H13N3O2. The van der Waals surface area contributed by atoms with Gasteiger partial charge in [-0.1, -0.05) is 0 Å². The number of hydrogen-bond acceptors (Lipinski definition) is 3. The third-order valence-corrected chi connectivity index (χ3v) is 2.55. The second kappa shape index (κ2) is 3.69. The number of nitrogens with one attached hydrogen (secondary N) is 1. The lowest BCUT2D eigenvalue weighted by Gasteiger charge is -2.30. The molecule has 2 rings (SSSR count). The highest BCUT2D eigenvalue weighted by Gasteiger charge is 2.26. The zero-order chi connectivity index (χ0) is 9.97. The number of piperidine rings is 1. The van der Waals surface area contributed by atoms with E-state index in [0.29, 0.717) is 6.54 Å². The number of rotatable bonds is 2. The summed E-state index contributed by atoms with van der Waals surface area (Å²) in [6, 6.07) is 0. The number of aromatic amines is 1. The number of anilines is 1. The van der Waals surface area contributed by atoms with Crippen molar-refractivity contribution in [2.24, 2.45) is 5.92 Å². The number of nitrogens with zero attached hydrogens (tertiary/aromatic N) is 2. The molecule has 1 aromatic rings. The molecule has 1 aromatic heterocycles. The fourth-order valence-electron chi connectivity index (χ4n) is 1.80. The zero-order valence-electron chi connectivity index (χ0n) is 7.81. The predicted octanol–water partition coefficient (Wildman–Crippen LogP) is 0.711. The molecule has 1 aliphatic rings. The van der Waals surface area contributed by atoms with Gasteiger partial charge < -0.3 is 15.0 Å². The van der Waals surface area contributed by atoms with E-state index in [-0.39, 0.29) is 5.92 Å². The Morgan fingerprint density at radius 3 is 3.21 bits per heavy atom. The maximum Gasteiger partial charge on any atom is 0.308 e. The Hall–Kier alpha value is -1.52. The Kier molecular flexibility index (Phi) is 2.39. The van der Waals surface area contributed by atoms with Crippen LogP contribution >= 0.6 is 0 Å². The van der Waals surface area contributed by atoms with E-state index in [9.17, 15) is 4.79 Å². The average Bonchev–Trinajstić information content (AvgIpc) is 2.71. The predicted molar refractivity (Wildman–Crippen MR) is 51.2 cm³/mol. The number of imidazole rings is 1. The van der Waals surface area contributed by atoms with Crippen molar-refractivity contribution in [3.63, 3.8) is 0 Å².